The summed E-state index contributed by atoms with van der Waals surface area (Å²) in [6.07, 6.45) is 4.76. The van der Waals surface area contributed by atoms with Gasteiger partial charge in [0, 0.05) is 26.7 Å². The average Bonchev–Trinajstić information content (AvgIpc) is 2.66. The highest BCUT2D eigenvalue weighted by Crippen LogP contribution is 2.22. The molecule has 7 heteroatoms. The molecule has 1 N–H and O–H groups in total. The highest BCUT2D eigenvalue weighted by Gasteiger charge is 2.21. The van der Waals surface area contributed by atoms with Gasteiger partial charge in [0.15, 0.2) is 11.2 Å². The van der Waals surface area contributed by atoms with Gasteiger partial charge in [-0.1, -0.05) is 12.8 Å². The van der Waals surface area contributed by atoms with Gasteiger partial charge in [0.2, 0.25) is 5.95 Å². The van der Waals surface area contributed by atoms with Crippen molar-refractivity contribution in [2.75, 3.05) is 18.0 Å². The summed E-state index contributed by atoms with van der Waals surface area (Å²) >= 11 is 0. The van der Waals surface area contributed by atoms with Crippen molar-refractivity contribution in [3.63, 3.8) is 0 Å². The van der Waals surface area contributed by atoms with Gasteiger partial charge in [-0.15, -0.1) is 0 Å². The molecule has 1 aliphatic rings. The van der Waals surface area contributed by atoms with E-state index in [0.717, 1.165) is 31.9 Å². The number of fused-ring (bicyclic) bond motifs is 1. The van der Waals surface area contributed by atoms with Gasteiger partial charge >= 0.3 is 5.69 Å². The lowest BCUT2D eigenvalue weighted by Crippen LogP contribution is -2.29. The maximum atomic E-state index is 12.1. The molecule has 0 aromatic carbocycles. The van der Waals surface area contributed by atoms with Gasteiger partial charge < -0.3 is 9.47 Å². The second-order valence-electron chi connectivity index (χ2n) is 5.55. The lowest BCUT2D eigenvalue weighted by atomic mass is 10.2. The number of nitrogens with one attached hydrogen (secondary N) is 1. The Bertz CT molecular complexity index is 762. The summed E-state index contributed by atoms with van der Waals surface area (Å²) in [5.74, 6) is 0.807. The highest BCUT2D eigenvalue weighted by atomic mass is 16.2. The zero-order valence-corrected chi connectivity index (χ0v) is 12.6. The molecule has 0 bridgehead atoms. The van der Waals surface area contributed by atoms with Gasteiger partial charge in [-0.25, -0.2) is 4.79 Å². The fraction of sp³-hybridized carbons (Fsp3) is 0.643. The van der Waals surface area contributed by atoms with Crippen LogP contribution in [0.4, 0.5) is 5.95 Å². The third-order valence-electron chi connectivity index (χ3n) is 4.19. The molecule has 2 aromatic rings. The van der Waals surface area contributed by atoms with Crippen LogP contribution in [0.3, 0.4) is 0 Å². The Kier molecular flexibility index (Phi) is 3.57. The summed E-state index contributed by atoms with van der Waals surface area (Å²) in [4.78, 5) is 33.1. The van der Waals surface area contributed by atoms with E-state index in [0.29, 0.717) is 17.7 Å². The van der Waals surface area contributed by atoms with Crippen LogP contribution in [0.2, 0.25) is 0 Å². The van der Waals surface area contributed by atoms with Crippen molar-refractivity contribution in [3.8, 4) is 0 Å². The first-order chi connectivity index (χ1) is 10.1. The fourth-order valence-electron chi connectivity index (χ4n) is 3.03. The normalized spacial score (nSPS) is 16.4. The Labute approximate surface area is 122 Å². The molecule has 1 fully saturated rings. The van der Waals surface area contributed by atoms with Crippen LogP contribution >= 0.6 is 0 Å². The van der Waals surface area contributed by atoms with Crippen LogP contribution in [0.15, 0.2) is 9.59 Å². The van der Waals surface area contributed by atoms with Gasteiger partial charge in [0.25, 0.3) is 5.56 Å². The molecular weight excluding hydrogens is 270 g/mol. The molecule has 2 aromatic heterocycles. The number of aromatic amines is 1. The van der Waals surface area contributed by atoms with Crippen molar-refractivity contribution in [1.29, 1.82) is 0 Å². The molecule has 0 aliphatic carbocycles. The lowest BCUT2D eigenvalue weighted by Gasteiger charge is -2.21. The minimum absolute atomic E-state index is 0.358. The maximum absolute atomic E-state index is 12.1. The van der Waals surface area contributed by atoms with Crippen molar-refractivity contribution in [1.82, 2.24) is 19.1 Å². The van der Waals surface area contributed by atoms with Crippen molar-refractivity contribution in [3.05, 3.63) is 20.8 Å². The summed E-state index contributed by atoms with van der Waals surface area (Å²) in [5, 5.41) is 0. The van der Waals surface area contributed by atoms with Crippen molar-refractivity contribution >= 4 is 17.1 Å². The fourth-order valence-corrected chi connectivity index (χ4v) is 3.03. The Balaban J connectivity index is 2.23. The van der Waals surface area contributed by atoms with Gasteiger partial charge in [-0.05, 0) is 19.8 Å². The zero-order chi connectivity index (χ0) is 15.0. The van der Waals surface area contributed by atoms with E-state index in [1.54, 1.807) is 7.05 Å². The number of hydrogen-bond donors (Lipinski definition) is 1. The molecule has 0 radical (unpaired) electrons. The van der Waals surface area contributed by atoms with Crippen LogP contribution in [0.5, 0.6) is 0 Å². The molecule has 0 spiro atoms. The molecule has 0 unspecified atom stereocenters. The first-order valence-corrected chi connectivity index (χ1v) is 7.58. The quantitative estimate of drug-likeness (QED) is 0.889. The Morgan fingerprint density at radius 2 is 1.81 bits per heavy atom. The van der Waals surface area contributed by atoms with Gasteiger partial charge in [-0.3, -0.25) is 14.3 Å². The zero-order valence-electron chi connectivity index (χ0n) is 12.6. The number of hydrogen-bond acceptors (Lipinski definition) is 4. The van der Waals surface area contributed by atoms with Crippen molar-refractivity contribution < 1.29 is 0 Å². The second kappa shape index (κ2) is 5.38. The molecule has 1 aliphatic heterocycles. The standard InChI is InChI=1S/C14H21N5O2/c1-3-19-10-11(17(2)14(21)16-12(10)20)15-13(19)18-8-6-4-5-7-9-18/h3-9H2,1-2H3,(H,16,20,21). The number of anilines is 1. The topological polar surface area (TPSA) is 75.9 Å². The Morgan fingerprint density at radius 3 is 2.43 bits per heavy atom. The van der Waals surface area contributed by atoms with Gasteiger partial charge in [-0.2, -0.15) is 4.98 Å². The molecule has 0 atom stereocenters. The molecule has 114 valence electrons. The van der Waals surface area contributed by atoms with Crippen LogP contribution in [-0.2, 0) is 13.6 Å². The van der Waals surface area contributed by atoms with E-state index in [9.17, 15) is 9.59 Å². The van der Waals surface area contributed by atoms with E-state index in [1.165, 1.54) is 17.4 Å². The summed E-state index contributed by atoms with van der Waals surface area (Å²) in [6, 6.07) is 0. The number of H-pyrrole nitrogens is 1. The van der Waals surface area contributed by atoms with E-state index in [1.807, 2.05) is 11.5 Å². The number of nitrogens with zero attached hydrogens (tertiary/aromatic N) is 4. The number of imidazole rings is 1. The van der Waals surface area contributed by atoms with Crippen molar-refractivity contribution in [2.24, 2.45) is 7.05 Å². The first-order valence-electron chi connectivity index (χ1n) is 7.58. The summed E-state index contributed by atoms with van der Waals surface area (Å²) in [7, 11) is 1.64. The molecule has 0 saturated carbocycles. The Hall–Kier alpha value is -2.05. The SMILES string of the molecule is CCn1c(N2CCCCCC2)nc2c1c(=O)[nH]c(=O)n2C. The van der Waals surface area contributed by atoms with E-state index < -0.39 is 5.69 Å². The van der Waals surface area contributed by atoms with E-state index in [-0.39, 0.29) is 5.56 Å². The minimum Gasteiger partial charge on any atom is -0.342 e. The predicted molar refractivity (Wildman–Crippen MR) is 81.9 cm³/mol. The average molecular weight is 291 g/mol. The monoisotopic (exact) mass is 291 g/mol. The van der Waals surface area contributed by atoms with Crippen LogP contribution in [0.1, 0.15) is 32.6 Å². The van der Waals surface area contributed by atoms with Gasteiger partial charge in [0.05, 0.1) is 0 Å². The summed E-state index contributed by atoms with van der Waals surface area (Å²) in [6.45, 7) is 4.56. The lowest BCUT2D eigenvalue weighted by molar-refractivity contribution is 0.702. The third-order valence-corrected chi connectivity index (χ3v) is 4.19. The molecule has 7 nitrogen and oxygen atoms in total. The Morgan fingerprint density at radius 1 is 1.14 bits per heavy atom. The molecular formula is C14H21N5O2. The van der Waals surface area contributed by atoms with E-state index >= 15 is 0 Å². The molecule has 21 heavy (non-hydrogen) atoms. The molecule has 1 saturated heterocycles. The molecule has 0 amide bonds. The largest absolute Gasteiger partial charge is 0.342 e. The van der Waals surface area contributed by atoms with Crippen LogP contribution in [0, 0.1) is 0 Å². The van der Waals surface area contributed by atoms with E-state index in [4.69, 9.17) is 0 Å². The highest BCUT2D eigenvalue weighted by molar-refractivity contribution is 5.74. The minimum atomic E-state index is -0.421. The number of aryl methyl sites for hydroxylation is 2. The maximum Gasteiger partial charge on any atom is 0.329 e. The molecule has 3 rings (SSSR count). The van der Waals surface area contributed by atoms with Crippen LogP contribution in [0.25, 0.3) is 11.2 Å². The van der Waals surface area contributed by atoms with Crippen molar-refractivity contribution in [2.45, 2.75) is 39.2 Å². The third kappa shape index (κ3) is 2.26. The second-order valence-corrected chi connectivity index (χ2v) is 5.55. The molecule has 3 heterocycles. The van der Waals surface area contributed by atoms with Crippen LogP contribution < -0.4 is 16.1 Å². The summed E-state index contributed by atoms with van der Waals surface area (Å²) < 4.78 is 3.32. The number of rotatable bonds is 2. The first kappa shape index (κ1) is 13.9. The number of aromatic nitrogens is 4. The van der Waals surface area contributed by atoms with Gasteiger partial charge in [0.1, 0.15) is 0 Å². The smallest absolute Gasteiger partial charge is 0.329 e. The van der Waals surface area contributed by atoms with E-state index in [2.05, 4.69) is 14.9 Å². The summed E-state index contributed by atoms with van der Waals surface area (Å²) in [5.41, 5.74) is 0.169. The van der Waals surface area contributed by atoms with Crippen LogP contribution in [-0.4, -0.2) is 32.2 Å². The predicted octanol–water partition coefficient (Wildman–Crippen LogP) is 0.824.